The Hall–Kier alpha value is -3.40. The third-order valence-electron chi connectivity index (χ3n) is 5.91. The van der Waals surface area contributed by atoms with Gasteiger partial charge in [-0.25, -0.2) is 0 Å². The first kappa shape index (κ1) is 12.9. The maximum atomic E-state index is 2.49. The molecule has 7 rings (SSSR count). The van der Waals surface area contributed by atoms with E-state index < -0.39 is 0 Å². The Morgan fingerprint density at radius 1 is 0.500 bits per heavy atom. The van der Waals surface area contributed by atoms with Crippen molar-refractivity contribution in [3.05, 3.63) is 85.2 Å². The minimum absolute atomic E-state index is 0.121. The summed E-state index contributed by atoms with van der Waals surface area (Å²) < 4.78 is 0. The lowest BCUT2D eigenvalue weighted by Crippen LogP contribution is -2.59. The number of rotatable bonds is 0. The average Bonchev–Trinajstić information content (AvgIpc) is 3.13. The normalized spacial score (nSPS) is 16.0. The number of fused-ring (bicyclic) bond motifs is 4. The minimum Gasteiger partial charge on any atom is -0.350 e. The van der Waals surface area contributed by atoms with Crippen LogP contribution in [0.2, 0.25) is 0 Å². The van der Waals surface area contributed by atoms with E-state index in [2.05, 4.69) is 99.6 Å². The van der Waals surface area contributed by atoms with Crippen LogP contribution in [-0.4, -0.2) is 7.12 Å². The Morgan fingerprint density at radius 3 is 1.38 bits per heavy atom. The zero-order chi connectivity index (χ0) is 16.8. The fourth-order valence-corrected chi connectivity index (χ4v) is 4.90. The van der Waals surface area contributed by atoms with Crippen molar-refractivity contribution in [2.75, 3.05) is 14.4 Å². The lowest BCUT2D eigenvalue weighted by Gasteiger charge is -2.46. The first-order valence-electron chi connectivity index (χ1n) is 8.99. The van der Waals surface area contributed by atoms with Gasteiger partial charge in [-0.2, -0.15) is 0 Å². The standard InChI is InChI=1S/C22H14BN3/c1-5-15-7-3-11-19-21(15)17(9-1)24-13-14-25-18-10-2-6-16-8-4-12-20(22(16)18)26(19)23(24)25/h1-14H. The molecule has 0 saturated carbocycles. The summed E-state index contributed by atoms with van der Waals surface area (Å²) in [5, 5.41) is 5.23. The maximum Gasteiger partial charge on any atom is 0.518 e. The molecule has 0 bridgehead atoms. The summed E-state index contributed by atoms with van der Waals surface area (Å²) in [6.45, 7) is 0. The van der Waals surface area contributed by atoms with Gasteiger partial charge in [-0.15, -0.1) is 0 Å². The summed E-state index contributed by atoms with van der Waals surface area (Å²) in [6, 6.07) is 26.5. The van der Waals surface area contributed by atoms with E-state index in [0.717, 1.165) is 0 Å². The topological polar surface area (TPSA) is 9.72 Å². The lowest BCUT2D eigenvalue weighted by molar-refractivity contribution is 1.24. The van der Waals surface area contributed by atoms with Crippen LogP contribution in [0.1, 0.15) is 0 Å². The van der Waals surface area contributed by atoms with Crippen molar-refractivity contribution in [2.45, 2.75) is 0 Å². The zero-order valence-corrected chi connectivity index (χ0v) is 14.0. The Balaban J connectivity index is 1.69. The summed E-state index contributed by atoms with van der Waals surface area (Å²) in [5.41, 5.74) is 5.14. The molecule has 3 nitrogen and oxygen atoms in total. The fourth-order valence-electron chi connectivity index (χ4n) is 4.90. The Morgan fingerprint density at radius 2 is 0.923 bits per heavy atom. The SMILES string of the molecule is C1=CN2B3N1c1cccc4cccc(c14)N3c1cccc3cccc2c13. The smallest absolute Gasteiger partial charge is 0.350 e. The quantitative estimate of drug-likeness (QED) is 0.408. The molecule has 26 heavy (non-hydrogen) atoms. The van der Waals surface area contributed by atoms with Gasteiger partial charge in [0.15, 0.2) is 0 Å². The molecule has 3 aliphatic heterocycles. The minimum atomic E-state index is 0.121. The molecular weight excluding hydrogens is 317 g/mol. The second-order valence-electron chi connectivity index (χ2n) is 7.13. The molecule has 0 atom stereocenters. The van der Waals surface area contributed by atoms with Crippen LogP contribution in [0, 0.1) is 0 Å². The van der Waals surface area contributed by atoms with Crippen molar-refractivity contribution in [3.63, 3.8) is 0 Å². The van der Waals surface area contributed by atoms with Gasteiger partial charge in [0.1, 0.15) is 0 Å². The molecule has 4 heteroatoms. The van der Waals surface area contributed by atoms with Gasteiger partial charge in [0, 0.05) is 45.9 Å². The maximum absolute atomic E-state index is 2.49. The molecule has 0 spiro atoms. The monoisotopic (exact) mass is 331 g/mol. The van der Waals surface area contributed by atoms with Crippen molar-refractivity contribution < 1.29 is 0 Å². The highest BCUT2D eigenvalue weighted by Gasteiger charge is 2.49. The fraction of sp³-hybridized carbons (Fsp3) is 0. The third-order valence-corrected chi connectivity index (χ3v) is 5.91. The van der Waals surface area contributed by atoms with E-state index in [-0.39, 0.29) is 7.12 Å². The van der Waals surface area contributed by atoms with Crippen LogP contribution < -0.4 is 14.4 Å². The Kier molecular flexibility index (Phi) is 2.09. The van der Waals surface area contributed by atoms with E-state index in [9.17, 15) is 0 Å². The van der Waals surface area contributed by atoms with Crippen molar-refractivity contribution in [3.8, 4) is 0 Å². The molecule has 0 fully saturated rings. The molecule has 120 valence electrons. The van der Waals surface area contributed by atoms with Crippen molar-refractivity contribution in [1.29, 1.82) is 0 Å². The molecule has 4 aromatic rings. The predicted molar refractivity (Wildman–Crippen MR) is 110 cm³/mol. The summed E-state index contributed by atoms with van der Waals surface area (Å²) in [5.74, 6) is 0. The van der Waals surface area contributed by atoms with Crippen LogP contribution >= 0.6 is 0 Å². The van der Waals surface area contributed by atoms with Crippen molar-refractivity contribution in [2.24, 2.45) is 0 Å². The third kappa shape index (κ3) is 1.31. The van der Waals surface area contributed by atoms with Crippen LogP contribution in [0.25, 0.3) is 21.5 Å². The molecule has 4 aromatic carbocycles. The average molecular weight is 331 g/mol. The molecule has 0 N–H and O–H groups in total. The van der Waals surface area contributed by atoms with Gasteiger partial charge in [-0.05, 0) is 35.0 Å². The van der Waals surface area contributed by atoms with Gasteiger partial charge >= 0.3 is 7.12 Å². The first-order valence-corrected chi connectivity index (χ1v) is 8.99. The molecule has 0 amide bonds. The number of nitrogens with zero attached hydrogens (tertiary/aromatic N) is 3. The van der Waals surface area contributed by atoms with Crippen LogP contribution in [0.4, 0.5) is 22.7 Å². The van der Waals surface area contributed by atoms with Crippen LogP contribution in [-0.2, 0) is 0 Å². The van der Waals surface area contributed by atoms with E-state index in [1.807, 2.05) is 0 Å². The molecule has 0 saturated heterocycles. The summed E-state index contributed by atoms with van der Waals surface area (Å²) in [7, 11) is 0.121. The van der Waals surface area contributed by atoms with E-state index >= 15 is 0 Å². The van der Waals surface area contributed by atoms with E-state index in [0.29, 0.717) is 0 Å². The number of anilines is 4. The van der Waals surface area contributed by atoms with Crippen molar-refractivity contribution >= 4 is 51.4 Å². The van der Waals surface area contributed by atoms with Crippen molar-refractivity contribution in [1.82, 2.24) is 0 Å². The van der Waals surface area contributed by atoms with Crippen LogP contribution in [0.15, 0.2) is 85.2 Å². The summed E-state index contributed by atoms with van der Waals surface area (Å²) >= 11 is 0. The van der Waals surface area contributed by atoms with E-state index in [4.69, 9.17) is 0 Å². The van der Waals surface area contributed by atoms with Gasteiger partial charge in [0.2, 0.25) is 0 Å². The predicted octanol–water partition coefficient (Wildman–Crippen LogP) is 5.24. The Bertz CT molecular complexity index is 1170. The van der Waals surface area contributed by atoms with Gasteiger partial charge in [-0.1, -0.05) is 48.5 Å². The van der Waals surface area contributed by atoms with Crippen LogP contribution in [0.5, 0.6) is 0 Å². The lowest BCUT2D eigenvalue weighted by atomic mass is 9.75. The van der Waals surface area contributed by atoms with Gasteiger partial charge in [0.25, 0.3) is 0 Å². The van der Waals surface area contributed by atoms with E-state index in [1.54, 1.807) is 0 Å². The second kappa shape index (κ2) is 4.22. The van der Waals surface area contributed by atoms with Crippen LogP contribution in [0.3, 0.4) is 0 Å². The van der Waals surface area contributed by atoms with Gasteiger partial charge < -0.3 is 14.4 Å². The second-order valence-corrected chi connectivity index (χ2v) is 7.13. The van der Waals surface area contributed by atoms with Gasteiger partial charge in [0.05, 0.1) is 0 Å². The molecule has 3 aliphatic rings. The largest absolute Gasteiger partial charge is 0.518 e. The highest BCUT2D eigenvalue weighted by atomic mass is 15.4. The zero-order valence-electron chi connectivity index (χ0n) is 14.0. The molecular formula is C22H14BN3. The molecule has 3 heterocycles. The van der Waals surface area contributed by atoms with E-state index in [1.165, 1.54) is 44.3 Å². The van der Waals surface area contributed by atoms with Gasteiger partial charge in [-0.3, -0.25) is 0 Å². The Labute approximate surface area is 151 Å². The molecule has 0 unspecified atom stereocenters. The number of hydrogen-bond acceptors (Lipinski definition) is 3. The number of hydrogen-bond donors (Lipinski definition) is 0. The molecule has 0 aromatic heterocycles. The number of benzene rings is 4. The highest BCUT2D eigenvalue weighted by Crippen LogP contribution is 2.52. The summed E-state index contributed by atoms with van der Waals surface area (Å²) in [4.78, 5) is 7.28. The summed E-state index contributed by atoms with van der Waals surface area (Å²) in [6.07, 6.45) is 4.43. The highest BCUT2D eigenvalue weighted by molar-refractivity contribution is 6.77. The first-order chi connectivity index (χ1) is 12.9. The molecule has 0 aliphatic carbocycles. The molecule has 0 radical (unpaired) electrons.